The molecule has 2 aliphatic rings. The fourth-order valence-corrected chi connectivity index (χ4v) is 3.70. The summed E-state index contributed by atoms with van der Waals surface area (Å²) in [5.41, 5.74) is 2.72. The Balaban J connectivity index is 1.61. The number of rotatable bonds is 5. The largest absolute Gasteiger partial charge is 0.493 e. The minimum absolute atomic E-state index is 0.850. The lowest BCUT2D eigenvalue weighted by molar-refractivity contribution is 0.173. The van der Waals surface area contributed by atoms with E-state index >= 15 is 0 Å². The molecular weight excluding hydrogens is 276 g/mol. The Hall–Kier alpha value is -1.26. The molecule has 0 N–H and O–H groups in total. The molecule has 0 amide bonds. The molecule has 2 heterocycles. The fraction of sp³-hybridized carbons (Fsp3) is 0.667. The first-order valence-corrected chi connectivity index (χ1v) is 8.49. The van der Waals surface area contributed by atoms with Crippen molar-refractivity contribution in [2.75, 3.05) is 46.9 Å². The Bertz CT molecular complexity index is 498. The Kier molecular flexibility index (Phi) is 5.21. The molecule has 0 aliphatic carbocycles. The van der Waals surface area contributed by atoms with Gasteiger partial charge < -0.3 is 14.4 Å². The first-order valence-electron chi connectivity index (χ1n) is 8.49. The maximum Gasteiger partial charge on any atom is 0.164 e. The monoisotopic (exact) mass is 304 g/mol. The van der Waals surface area contributed by atoms with E-state index in [2.05, 4.69) is 15.9 Å². The van der Waals surface area contributed by atoms with Crippen molar-refractivity contribution in [1.82, 2.24) is 9.80 Å². The summed E-state index contributed by atoms with van der Waals surface area (Å²) in [5.74, 6) is 1.78. The molecule has 0 spiro atoms. The van der Waals surface area contributed by atoms with Gasteiger partial charge in [-0.25, -0.2) is 0 Å². The topological polar surface area (TPSA) is 24.9 Å². The average molecular weight is 304 g/mol. The van der Waals surface area contributed by atoms with E-state index in [-0.39, 0.29) is 0 Å². The Morgan fingerprint density at radius 3 is 2.41 bits per heavy atom. The van der Waals surface area contributed by atoms with Crippen LogP contribution in [-0.2, 0) is 13.0 Å². The second-order valence-corrected chi connectivity index (χ2v) is 6.37. The smallest absolute Gasteiger partial charge is 0.164 e. The molecule has 22 heavy (non-hydrogen) atoms. The van der Waals surface area contributed by atoms with E-state index in [1.807, 2.05) is 6.07 Å². The van der Waals surface area contributed by atoms with E-state index in [1.54, 1.807) is 14.2 Å². The van der Waals surface area contributed by atoms with E-state index in [0.717, 1.165) is 31.0 Å². The van der Waals surface area contributed by atoms with E-state index in [4.69, 9.17) is 9.47 Å². The number of hydrogen-bond acceptors (Lipinski definition) is 4. The molecule has 0 atom stereocenters. The van der Waals surface area contributed by atoms with Crippen molar-refractivity contribution in [2.45, 2.75) is 32.2 Å². The lowest BCUT2D eigenvalue weighted by Gasteiger charge is -2.33. The normalized spacial score (nSPS) is 19.7. The van der Waals surface area contributed by atoms with Gasteiger partial charge in [0, 0.05) is 31.7 Å². The van der Waals surface area contributed by atoms with Gasteiger partial charge in [0.15, 0.2) is 11.5 Å². The highest BCUT2D eigenvalue weighted by Gasteiger charge is 2.22. The van der Waals surface area contributed by atoms with Gasteiger partial charge in [0.2, 0.25) is 0 Å². The number of methoxy groups -OCH3 is 2. The molecule has 1 saturated heterocycles. The van der Waals surface area contributed by atoms with Crippen LogP contribution < -0.4 is 9.47 Å². The predicted octanol–water partition coefficient (Wildman–Crippen LogP) is 2.55. The maximum absolute atomic E-state index is 5.57. The molecule has 122 valence electrons. The van der Waals surface area contributed by atoms with Crippen LogP contribution in [-0.4, -0.2) is 56.7 Å². The predicted molar refractivity (Wildman–Crippen MR) is 88.8 cm³/mol. The molecule has 1 aromatic carbocycles. The average Bonchev–Trinajstić information content (AvgIpc) is 2.59. The Labute approximate surface area is 134 Å². The molecule has 1 aromatic rings. The minimum atomic E-state index is 0.850. The summed E-state index contributed by atoms with van der Waals surface area (Å²) < 4.78 is 11.0. The van der Waals surface area contributed by atoms with Crippen molar-refractivity contribution in [2.24, 2.45) is 0 Å². The zero-order chi connectivity index (χ0) is 15.4. The van der Waals surface area contributed by atoms with Crippen LogP contribution in [0.15, 0.2) is 12.1 Å². The third kappa shape index (κ3) is 3.39. The van der Waals surface area contributed by atoms with Gasteiger partial charge in [-0.15, -0.1) is 0 Å². The molecule has 4 nitrogen and oxygen atoms in total. The van der Waals surface area contributed by atoms with Crippen LogP contribution in [0.2, 0.25) is 0 Å². The van der Waals surface area contributed by atoms with E-state index in [1.165, 1.54) is 56.6 Å². The summed E-state index contributed by atoms with van der Waals surface area (Å²) in [5, 5.41) is 0. The van der Waals surface area contributed by atoms with Gasteiger partial charge in [0.1, 0.15) is 0 Å². The zero-order valence-electron chi connectivity index (χ0n) is 13.9. The lowest BCUT2D eigenvalue weighted by Crippen LogP contribution is -2.39. The van der Waals surface area contributed by atoms with E-state index in [9.17, 15) is 0 Å². The molecule has 0 unspecified atom stereocenters. The van der Waals surface area contributed by atoms with E-state index < -0.39 is 0 Å². The third-order valence-electron chi connectivity index (χ3n) is 5.00. The second-order valence-electron chi connectivity index (χ2n) is 6.37. The first-order chi connectivity index (χ1) is 10.8. The number of nitrogens with zero attached hydrogens (tertiary/aromatic N) is 2. The van der Waals surface area contributed by atoms with Crippen molar-refractivity contribution in [1.29, 1.82) is 0 Å². The number of ether oxygens (including phenoxy) is 2. The fourth-order valence-electron chi connectivity index (χ4n) is 3.70. The summed E-state index contributed by atoms with van der Waals surface area (Å²) in [6.07, 6.45) is 5.21. The van der Waals surface area contributed by atoms with Crippen LogP contribution in [0.4, 0.5) is 0 Å². The van der Waals surface area contributed by atoms with Crippen molar-refractivity contribution >= 4 is 0 Å². The quantitative estimate of drug-likeness (QED) is 0.834. The van der Waals surface area contributed by atoms with Gasteiger partial charge in [-0.3, -0.25) is 4.90 Å². The van der Waals surface area contributed by atoms with Crippen molar-refractivity contribution in [3.8, 4) is 11.5 Å². The number of hydrogen-bond donors (Lipinski definition) is 0. The summed E-state index contributed by atoms with van der Waals surface area (Å²) in [7, 11) is 3.44. The third-order valence-corrected chi connectivity index (χ3v) is 5.00. The van der Waals surface area contributed by atoms with Crippen molar-refractivity contribution in [3.05, 3.63) is 23.3 Å². The highest BCUT2D eigenvalue weighted by atomic mass is 16.5. The van der Waals surface area contributed by atoms with Crippen LogP contribution in [0.1, 0.15) is 30.4 Å². The van der Waals surface area contributed by atoms with Gasteiger partial charge >= 0.3 is 0 Å². The number of piperidine rings is 1. The Morgan fingerprint density at radius 2 is 1.68 bits per heavy atom. The van der Waals surface area contributed by atoms with Gasteiger partial charge in [-0.1, -0.05) is 12.5 Å². The van der Waals surface area contributed by atoms with Gasteiger partial charge in [0.25, 0.3) is 0 Å². The highest BCUT2D eigenvalue weighted by molar-refractivity contribution is 5.51. The molecular formula is C18H28N2O2. The second kappa shape index (κ2) is 7.34. The van der Waals surface area contributed by atoms with Crippen LogP contribution >= 0.6 is 0 Å². The molecule has 0 bridgehead atoms. The van der Waals surface area contributed by atoms with Crippen LogP contribution in [0.5, 0.6) is 11.5 Å². The summed E-state index contributed by atoms with van der Waals surface area (Å²) >= 11 is 0. The molecule has 2 aliphatic heterocycles. The zero-order valence-corrected chi connectivity index (χ0v) is 13.9. The lowest BCUT2D eigenvalue weighted by atomic mass is 9.98. The first kappa shape index (κ1) is 15.6. The van der Waals surface area contributed by atoms with Crippen LogP contribution in [0, 0.1) is 0 Å². The summed E-state index contributed by atoms with van der Waals surface area (Å²) in [6, 6.07) is 4.23. The standard InChI is InChI=1S/C18H28N2O2/c1-21-17-7-6-15-14-20(11-8-16(15)18(17)22-2)13-12-19-9-4-3-5-10-19/h6-7H,3-5,8-14H2,1-2H3. The summed E-state index contributed by atoms with van der Waals surface area (Å²) in [4.78, 5) is 5.19. The minimum Gasteiger partial charge on any atom is -0.493 e. The molecule has 0 aromatic heterocycles. The molecule has 0 radical (unpaired) electrons. The van der Waals surface area contributed by atoms with E-state index in [0.29, 0.717) is 0 Å². The van der Waals surface area contributed by atoms with Crippen molar-refractivity contribution in [3.63, 3.8) is 0 Å². The summed E-state index contributed by atoms with van der Waals surface area (Å²) in [6.45, 7) is 7.11. The highest BCUT2D eigenvalue weighted by Crippen LogP contribution is 2.36. The van der Waals surface area contributed by atoms with Crippen molar-refractivity contribution < 1.29 is 9.47 Å². The SMILES string of the molecule is COc1ccc2c(c1OC)CCN(CCN1CCCCC1)C2. The van der Waals surface area contributed by atoms with Crippen LogP contribution in [0.3, 0.4) is 0 Å². The maximum atomic E-state index is 5.57. The molecule has 1 fully saturated rings. The molecule has 0 saturated carbocycles. The van der Waals surface area contributed by atoms with Gasteiger partial charge in [-0.05, 0) is 44.0 Å². The van der Waals surface area contributed by atoms with Gasteiger partial charge in [0.05, 0.1) is 14.2 Å². The number of likely N-dealkylation sites (tertiary alicyclic amines) is 1. The van der Waals surface area contributed by atoms with Gasteiger partial charge in [-0.2, -0.15) is 0 Å². The molecule has 4 heteroatoms. The Morgan fingerprint density at radius 1 is 0.909 bits per heavy atom. The number of fused-ring (bicyclic) bond motifs is 1. The molecule has 3 rings (SSSR count). The van der Waals surface area contributed by atoms with Crippen LogP contribution in [0.25, 0.3) is 0 Å². The number of benzene rings is 1.